The van der Waals surface area contributed by atoms with E-state index in [1.165, 1.54) is 12.1 Å². The van der Waals surface area contributed by atoms with Gasteiger partial charge in [-0.3, -0.25) is 10.1 Å². The molecule has 0 aliphatic heterocycles. The molecule has 8 heteroatoms. The molecule has 0 aliphatic rings. The van der Waals surface area contributed by atoms with Crippen LogP contribution < -0.4 is 4.74 Å². The summed E-state index contributed by atoms with van der Waals surface area (Å²) in [6, 6.07) is 13.2. The molecule has 0 radical (unpaired) electrons. The molecule has 0 spiro atoms. The number of nitro groups is 1. The minimum atomic E-state index is -2.14. The third kappa shape index (κ3) is 3.44. The van der Waals surface area contributed by atoms with Crippen LogP contribution >= 0.6 is 0 Å². The number of nitro benzene ring substituents is 1. The normalized spacial score (nSPS) is 10.6. The number of nitrogens with zero attached hydrogens (tertiary/aromatic N) is 1. The number of rotatable bonds is 5. The summed E-state index contributed by atoms with van der Waals surface area (Å²) in [5.41, 5.74) is 0.615. The highest BCUT2D eigenvalue weighted by molar-refractivity contribution is 5.66. The minimum absolute atomic E-state index is 0.114. The number of ether oxygens (including phenoxy) is 1. The molecule has 142 valence electrons. The third-order valence-corrected chi connectivity index (χ3v) is 3.94. The van der Waals surface area contributed by atoms with Crippen LogP contribution in [0.15, 0.2) is 55.1 Å². The lowest BCUT2D eigenvalue weighted by atomic mass is 10.0. The van der Waals surface area contributed by atoms with Crippen molar-refractivity contribution in [3.63, 3.8) is 0 Å². The fourth-order valence-electron chi connectivity index (χ4n) is 2.49. The molecule has 0 N–H and O–H groups in total. The summed E-state index contributed by atoms with van der Waals surface area (Å²) in [7, 11) is 0. The van der Waals surface area contributed by atoms with Crippen molar-refractivity contribution >= 4 is 11.8 Å². The molecule has 3 rings (SSSR count). The van der Waals surface area contributed by atoms with Crippen molar-refractivity contribution in [3.8, 4) is 22.6 Å². The topological polar surface area (TPSA) is 52.4 Å². The Hall–Kier alpha value is -3.68. The first-order chi connectivity index (χ1) is 13.3. The van der Waals surface area contributed by atoms with Crippen LogP contribution in [0.2, 0.25) is 0 Å². The van der Waals surface area contributed by atoms with Crippen molar-refractivity contribution in [1.29, 1.82) is 0 Å². The number of benzene rings is 3. The largest absolute Gasteiger partial charge is 0.451 e. The molecule has 0 atom stereocenters. The predicted octanol–water partition coefficient (Wildman–Crippen LogP) is 6.25. The molecule has 0 saturated heterocycles. The van der Waals surface area contributed by atoms with Crippen LogP contribution in [0, 0.1) is 33.4 Å². The van der Waals surface area contributed by atoms with Gasteiger partial charge in [-0.2, -0.15) is 17.6 Å². The molecule has 0 bridgehead atoms. The van der Waals surface area contributed by atoms with Crippen LogP contribution in [0.3, 0.4) is 0 Å². The Morgan fingerprint density at radius 3 is 1.71 bits per heavy atom. The summed E-state index contributed by atoms with van der Waals surface area (Å²) < 4.78 is 60.2. The Bertz CT molecular complexity index is 1040. The van der Waals surface area contributed by atoms with Gasteiger partial charge in [-0.05, 0) is 28.8 Å². The fourth-order valence-corrected chi connectivity index (χ4v) is 2.49. The molecule has 0 aromatic heterocycles. The van der Waals surface area contributed by atoms with E-state index < -0.39 is 39.6 Å². The maximum atomic E-state index is 13.9. The average molecular weight is 389 g/mol. The van der Waals surface area contributed by atoms with Crippen molar-refractivity contribution in [1.82, 2.24) is 0 Å². The van der Waals surface area contributed by atoms with Gasteiger partial charge in [0.25, 0.3) is 0 Å². The van der Waals surface area contributed by atoms with Gasteiger partial charge in [0, 0.05) is 0 Å². The van der Waals surface area contributed by atoms with E-state index in [0.29, 0.717) is 0 Å². The molecule has 0 amide bonds. The summed E-state index contributed by atoms with van der Waals surface area (Å²) in [5, 5.41) is 10.6. The smallest absolute Gasteiger partial charge is 0.346 e. The quantitative estimate of drug-likeness (QED) is 0.224. The van der Waals surface area contributed by atoms with Crippen molar-refractivity contribution in [3.05, 3.63) is 94.1 Å². The van der Waals surface area contributed by atoms with Gasteiger partial charge in [0.2, 0.25) is 29.0 Å². The number of hydrogen-bond acceptors (Lipinski definition) is 3. The molecular weight excluding hydrogens is 378 g/mol. The zero-order valence-corrected chi connectivity index (χ0v) is 14.1. The SMILES string of the molecule is C=Cc1ccc(-c2ccc(Oc3c(F)c(F)c([N+](=O)[O-])c(F)c3F)cc2)cc1. The molecule has 0 fully saturated rings. The van der Waals surface area contributed by atoms with Crippen LogP contribution in [0.1, 0.15) is 5.56 Å². The van der Waals surface area contributed by atoms with Crippen molar-refractivity contribution in [2.24, 2.45) is 0 Å². The molecular formula is C20H11F4NO3. The van der Waals surface area contributed by atoms with Gasteiger partial charge in [0.05, 0.1) is 4.92 Å². The molecule has 0 unspecified atom stereocenters. The Morgan fingerprint density at radius 2 is 1.29 bits per heavy atom. The fraction of sp³-hybridized carbons (Fsp3) is 0. The first-order valence-electron chi connectivity index (χ1n) is 7.84. The lowest BCUT2D eigenvalue weighted by Crippen LogP contribution is -2.06. The van der Waals surface area contributed by atoms with Crippen molar-refractivity contribution in [2.45, 2.75) is 0 Å². The lowest BCUT2D eigenvalue weighted by Gasteiger charge is -2.10. The highest BCUT2D eigenvalue weighted by Crippen LogP contribution is 2.37. The standard InChI is InChI=1S/C20H11F4NO3/c1-2-11-3-5-12(6-4-11)13-7-9-14(10-8-13)28-20-17(23)15(21)19(25(26)27)16(22)18(20)24/h2-10H,1H2. The van der Waals surface area contributed by atoms with E-state index in [4.69, 9.17) is 4.74 Å². The van der Waals surface area contributed by atoms with Crippen LogP contribution in [0.25, 0.3) is 17.2 Å². The van der Waals surface area contributed by atoms with Crippen molar-refractivity contribution in [2.75, 3.05) is 0 Å². The van der Waals surface area contributed by atoms with Crippen LogP contribution in [-0.4, -0.2) is 4.92 Å². The summed E-state index contributed by atoms with van der Waals surface area (Å²) in [4.78, 5) is 9.03. The minimum Gasteiger partial charge on any atom is -0.451 e. The molecule has 4 nitrogen and oxygen atoms in total. The van der Waals surface area contributed by atoms with Gasteiger partial charge in [0.1, 0.15) is 5.75 Å². The Balaban J connectivity index is 1.92. The second-order valence-corrected chi connectivity index (χ2v) is 5.64. The Kier molecular flexibility index (Phi) is 5.12. The van der Waals surface area contributed by atoms with Gasteiger partial charge in [-0.15, -0.1) is 0 Å². The highest BCUT2D eigenvalue weighted by atomic mass is 19.2. The lowest BCUT2D eigenvalue weighted by molar-refractivity contribution is -0.390. The molecule has 3 aromatic rings. The van der Waals surface area contributed by atoms with E-state index in [1.807, 2.05) is 24.3 Å². The van der Waals surface area contributed by atoms with Gasteiger partial charge in [0.15, 0.2) is 0 Å². The highest BCUT2D eigenvalue weighted by Gasteiger charge is 2.34. The number of hydrogen-bond donors (Lipinski definition) is 0. The average Bonchev–Trinajstić information content (AvgIpc) is 2.70. The molecule has 0 heterocycles. The maximum Gasteiger partial charge on any atom is 0.346 e. The third-order valence-electron chi connectivity index (χ3n) is 3.94. The first-order valence-corrected chi connectivity index (χ1v) is 7.84. The summed E-state index contributed by atoms with van der Waals surface area (Å²) in [5.74, 6) is -9.78. The summed E-state index contributed by atoms with van der Waals surface area (Å²) in [6.45, 7) is 3.66. The van der Waals surface area contributed by atoms with E-state index in [-0.39, 0.29) is 5.75 Å². The van der Waals surface area contributed by atoms with Crippen LogP contribution in [0.4, 0.5) is 23.2 Å². The monoisotopic (exact) mass is 389 g/mol. The second-order valence-electron chi connectivity index (χ2n) is 5.64. The van der Waals surface area contributed by atoms with Crippen LogP contribution in [0.5, 0.6) is 11.5 Å². The van der Waals surface area contributed by atoms with Crippen LogP contribution in [-0.2, 0) is 0 Å². The van der Waals surface area contributed by atoms with Gasteiger partial charge >= 0.3 is 5.69 Å². The van der Waals surface area contributed by atoms with E-state index >= 15 is 0 Å². The molecule has 3 aromatic carbocycles. The molecule has 28 heavy (non-hydrogen) atoms. The van der Waals surface area contributed by atoms with Gasteiger partial charge in [-0.25, -0.2) is 0 Å². The Labute approximate surface area is 156 Å². The second kappa shape index (κ2) is 7.51. The zero-order chi connectivity index (χ0) is 20.4. The van der Waals surface area contributed by atoms with Crippen molar-refractivity contribution < 1.29 is 27.2 Å². The summed E-state index contributed by atoms with van der Waals surface area (Å²) >= 11 is 0. The van der Waals surface area contributed by atoms with E-state index in [2.05, 4.69) is 6.58 Å². The zero-order valence-electron chi connectivity index (χ0n) is 14.1. The van der Waals surface area contributed by atoms with E-state index in [1.54, 1.807) is 18.2 Å². The van der Waals surface area contributed by atoms with E-state index in [9.17, 15) is 27.7 Å². The Morgan fingerprint density at radius 1 is 0.821 bits per heavy atom. The predicted molar refractivity (Wildman–Crippen MR) is 95.0 cm³/mol. The van der Waals surface area contributed by atoms with Gasteiger partial charge in [-0.1, -0.05) is 49.1 Å². The molecule has 0 aliphatic carbocycles. The van der Waals surface area contributed by atoms with E-state index in [0.717, 1.165) is 16.7 Å². The summed E-state index contributed by atoms with van der Waals surface area (Å²) in [6.07, 6.45) is 1.69. The first kappa shape index (κ1) is 19.1. The maximum absolute atomic E-state index is 13.9. The number of halogens is 4. The molecule has 0 saturated carbocycles. The van der Waals surface area contributed by atoms with Gasteiger partial charge < -0.3 is 4.74 Å².